The number of hydrogen-bond donors (Lipinski definition) is 0. The first-order valence-electron chi connectivity index (χ1n) is 5.43. The maximum atomic E-state index is 11.7. The SMILES string of the molecule is COC(=O)C1C2CC3C(OC(=O)C31)C2C. The fraction of sp³-hybridized carbons (Fsp3) is 0.818. The largest absolute Gasteiger partial charge is 0.469 e. The van der Waals surface area contributed by atoms with Crippen molar-refractivity contribution in [2.45, 2.75) is 19.4 Å². The van der Waals surface area contributed by atoms with E-state index in [1.807, 2.05) is 0 Å². The second kappa shape index (κ2) is 2.74. The van der Waals surface area contributed by atoms with Crippen molar-refractivity contribution >= 4 is 11.9 Å². The van der Waals surface area contributed by atoms with E-state index >= 15 is 0 Å². The first-order valence-corrected chi connectivity index (χ1v) is 5.43. The van der Waals surface area contributed by atoms with E-state index in [2.05, 4.69) is 6.92 Å². The van der Waals surface area contributed by atoms with Crippen LogP contribution in [-0.2, 0) is 19.1 Å². The minimum absolute atomic E-state index is 0.0633. The third-order valence-electron chi connectivity index (χ3n) is 4.47. The van der Waals surface area contributed by atoms with Crippen LogP contribution in [-0.4, -0.2) is 25.2 Å². The summed E-state index contributed by atoms with van der Waals surface area (Å²) in [4.78, 5) is 23.3. The Morgan fingerprint density at radius 2 is 2.20 bits per heavy atom. The molecule has 4 nitrogen and oxygen atoms in total. The van der Waals surface area contributed by atoms with Crippen LogP contribution in [0.2, 0.25) is 0 Å². The van der Waals surface area contributed by atoms with Gasteiger partial charge in [-0.1, -0.05) is 6.92 Å². The molecule has 1 saturated heterocycles. The molecule has 6 unspecified atom stereocenters. The van der Waals surface area contributed by atoms with E-state index < -0.39 is 0 Å². The van der Waals surface area contributed by atoms with Gasteiger partial charge in [0.15, 0.2) is 0 Å². The lowest BCUT2D eigenvalue weighted by Gasteiger charge is -2.27. The monoisotopic (exact) mass is 210 g/mol. The highest BCUT2D eigenvalue weighted by Crippen LogP contribution is 2.60. The number of carbonyl (C=O) groups excluding carboxylic acids is 2. The zero-order chi connectivity index (χ0) is 10.7. The van der Waals surface area contributed by atoms with Gasteiger partial charge in [-0.15, -0.1) is 0 Å². The molecule has 0 spiro atoms. The average molecular weight is 210 g/mol. The van der Waals surface area contributed by atoms with E-state index in [0.29, 0.717) is 5.92 Å². The van der Waals surface area contributed by atoms with Gasteiger partial charge >= 0.3 is 11.9 Å². The normalized spacial score (nSPS) is 50.7. The molecule has 2 saturated carbocycles. The number of fused-ring (bicyclic) bond motifs is 1. The third kappa shape index (κ3) is 0.924. The molecule has 3 rings (SSSR count). The summed E-state index contributed by atoms with van der Waals surface area (Å²) in [6.07, 6.45) is 1.01. The number of ether oxygens (including phenoxy) is 2. The second-order valence-electron chi connectivity index (χ2n) is 4.90. The van der Waals surface area contributed by atoms with Gasteiger partial charge < -0.3 is 9.47 Å². The van der Waals surface area contributed by atoms with Crippen LogP contribution in [0.15, 0.2) is 0 Å². The Morgan fingerprint density at radius 3 is 2.87 bits per heavy atom. The standard InChI is InChI=1S/C11H14O4/c1-4-5-3-6-8(7(5)10(12)14-2)11(13)15-9(4)6/h4-9H,3H2,1-2H3. The molecule has 0 aromatic heterocycles. The van der Waals surface area contributed by atoms with Crippen molar-refractivity contribution in [2.24, 2.45) is 29.6 Å². The Bertz CT molecular complexity index is 337. The molecule has 3 fully saturated rings. The second-order valence-corrected chi connectivity index (χ2v) is 4.90. The summed E-state index contributed by atoms with van der Waals surface area (Å²) in [6.45, 7) is 2.07. The van der Waals surface area contributed by atoms with Gasteiger partial charge in [0.05, 0.1) is 18.9 Å². The summed E-state index contributed by atoms with van der Waals surface area (Å²) < 4.78 is 10.1. The highest BCUT2D eigenvalue weighted by molar-refractivity contribution is 5.85. The van der Waals surface area contributed by atoms with Crippen LogP contribution < -0.4 is 0 Å². The number of rotatable bonds is 1. The van der Waals surface area contributed by atoms with Gasteiger partial charge in [-0.05, 0) is 18.3 Å². The van der Waals surface area contributed by atoms with Crippen LogP contribution in [0.3, 0.4) is 0 Å². The molecule has 0 radical (unpaired) electrons. The summed E-state index contributed by atoms with van der Waals surface area (Å²) in [5, 5.41) is 0. The van der Waals surface area contributed by atoms with E-state index in [4.69, 9.17) is 9.47 Å². The maximum Gasteiger partial charge on any atom is 0.310 e. The average Bonchev–Trinajstić information content (AvgIpc) is 2.80. The predicted molar refractivity (Wildman–Crippen MR) is 49.6 cm³/mol. The van der Waals surface area contributed by atoms with Crippen molar-refractivity contribution < 1.29 is 19.1 Å². The number of methoxy groups -OCH3 is 1. The molecule has 0 N–H and O–H groups in total. The van der Waals surface area contributed by atoms with Gasteiger partial charge in [-0.3, -0.25) is 9.59 Å². The number of hydrogen-bond acceptors (Lipinski definition) is 4. The molecule has 82 valence electrons. The van der Waals surface area contributed by atoms with Crippen LogP contribution in [0.4, 0.5) is 0 Å². The molecular weight excluding hydrogens is 196 g/mol. The first kappa shape index (κ1) is 9.19. The Balaban J connectivity index is 1.98. The number of carbonyl (C=O) groups is 2. The summed E-state index contributed by atoms with van der Waals surface area (Å²) in [5.41, 5.74) is 0. The first-order chi connectivity index (χ1) is 7.15. The molecule has 1 heterocycles. The van der Waals surface area contributed by atoms with Crippen molar-refractivity contribution in [1.29, 1.82) is 0 Å². The summed E-state index contributed by atoms with van der Waals surface area (Å²) >= 11 is 0. The minimum atomic E-state index is -0.249. The molecular formula is C11H14O4. The Hall–Kier alpha value is -1.06. The highest BCUT2D eigenvalue weighted by Gasteiger charge is 2.67. The van der Waals surface area contributed by atoms with Gasteiger partial charge in [0.2, 0.25) is 0 Å². The Labute approximate surface area is 87.9 Å². The predicted octanol–water partition coefficient (Wildman–Crippen LogP) is 0.603. The molecule has 6 atom stereocenters. The van der Waals surface area contributed by atoms with Crippen molar-refractivity contribution in [2.75, 3.05) is 7.11 Å². The van der Waals surface area contributed by atoms with Crippen LogP contribution in [0.1, 0.15) is 13.3 Å². The summed E-state index contributed by atoms with van der Waals surface area (Å²) in [5.74, 6) is -0.0406. The summed E-state index contributed by atoms with van der Waals surface area (Å²) in [6, 6.07) is 0. The van der Waals surface area contributed by atoms with Crippen molar-refractivity contribution in [3.63, 3.8) is 0 Å². The van der Waals surface area contributed by atoms with Gasteiger partial charge in [0, 0.05) is 5.92 Å². The summed E-state index contributed by atoms with van der Waals surface area (Å²) in [7, 11) is 1.39. The van der Waals surface area contributed by atoms with E-state index in [1.165, 1.54) is 7.11 Å². The minimum Gasteiger partial charge on any atom is -0.469 e. The molecule has 0 aromatic rings. The molecule has 2 aliphatic carbocycles. The number of esters is 2. The lowest BCUT2D eigenvalue weighted by atomic mass is 9.75. The van der Waals surface area contributed by atoms with Crippen LogP contribution >= 0.6 is 0 Å². The van der Waals surface area contributed by atoms with Gasteiger partial charge in [-0.2, -0.15) is 0 Å². The smallest absolute Gasteiger partial charge is 0.310 e. The van der Waals surface area contributed by atoms with E-state index in [9.17, 15) is 9.59 Å². The zero-order valence-corrected chi connectivity index (χ0v) is 8.80. The molecule has 2 bridgehead atoms. The molecule has 15 heavy (non-hydrogen) atoms. The zero-order valence-electron chi connectivity index (χ0n) is 8.80. The quantitative estimate of drug-likeness (QED) is 0.595. The third-order valence-corrected chi connectivity index (χ3v) is 4.47. The van der Waals surface area contributed by atoms with Gasteiger partial charge in [0.25, 0.3) is 0 Å². The van der Waals surface area contributed by atoms with E-state index in [-0.39, 0.29) is 41.7 Å². The fourth-order valence-corrected chi connectivity index (χ4v) is 3.84. The maximum absolute atomic E-state index is 11.7. The Morgan fingerprint density at radius 1 is 1.47 bits per heavy atom. The van der Waals surface area contributed by atoms with E-state index in [0.717, 1.165) is 6.42 Å². The lowest BCUT2D eigenvalue weighted by Crippen LogP contribution is -2.37. The van der Waals surface area contributed by atoms with Gasteiger partial charge in [-0.25, -0.2) is 0 Å². The topological polar surface area (TPSA) is 52.6 Å². The molecule has 0 amide bonds. The van der Waals surface area contributed by atoms with Crippen molar-refractivity contribution in [1.82, 2.24) is 0 Å². The molecule has 4 heteroatoms. The van der Waals surface area contributed by atoms with Crippen LogP contribution in [0, 0.1) is 29.6 Å². The van der Waals surface area contributed by atoms with Gasteiger partial charge in [0.1, 0.15) is 6.10 Å². The highest BCUT2D eigenvalue weighted by atomic mass is 16.6. The van der Waals surface area contributed by atoms with Crippen LogP contribution in [0.5, 0.6) is 0 Å². The van der Waals surface area contributed by atoms with Crippen molar-refractivity contribution in [3.05, 3.63) is 0 Å². The fourth-order valence-electron chi connectivity index (χ4n) is 3.84. The van der Waals surface area contributed by atoms with Crippen molar-refractivity contribution in [3.8, 4) is 0 Å². The lowest BCUT2D eigenvalue weighted by molar-refractivity contribution is -0.153. The van der Waals surface area contributed by atoms with E-state index in [1.54, 1.807) is 0 Å². The molecule has 3 aliphatic rings. The molecule has 0 aromatic carbocycles. The molecule has 1 aliphatic heterocycles. The Kier molecular flexibility index (Phi) is 1.68. The van der Waals surface area contributed by atoms with Crippen LogP contribution in [0.25, 0.3) is 0 Å².